The van der Waals surface area contributed by atoms with E-state index in [9.17, 15) is 0 Å². The molecule has 0 aromatic rings. The first-order valence-corrected chi connectivity index (χ1v) is 7.16. The van der Waals surface area contributed by atoms with Crippen LogP contribution in [0.15, 0.2) is 0 Å². The monoisotopic (exact) mass is 240 g/mol. The Morgan fingerprint density at radius 1 is 1.24 bits per heavy atom. The molecule has 2 nitrogen and oxygen atoms in total. The Kier molecular flexibility index (Phi) is 5.03. The van der Waals surface area contributed by atoms with Crippen LogP contribution in [-0.4, -0.2) is 31.1 Å². The Morgan fingerprint density at radius 2 is 1.76 bits per heavy atom. The highest BCUT2D eigenvalue weighted by Gasteiger charge is 2.29. The fourth-order valence-electron chi connectivity index (χ4n) is 2.59. The Hall–Kier alpha value is -0.0800. The molecular formula is C15H32N2. The van der Waals surface area contributed by atoms with Gasteiger partial charge in [-0.2, -0.15) is 0 Å². The van der Waals surface area contributed by atoms with Gasteiger partial charge in [0.2, 0.25) is 0 Å². The molecule has 2 heteroatoms. The molecule has 17 heavy (non-hydrogen) atoms. The van der Waals surface area contributed by atoms with Crippen molar-refractivity contribution in [3.8, 4) is 0 Å². The van der Waals surface area contributed by atoms with Crippen molar-refractivity contribution in [2.75, 3.05) is 20.1 Å². The summed E-state index contributed by atoms with van der Waals surface area (Å²) in [5, 5.41) is 0. The van der Waals surface area contributed by atoms with E-state index in [0.717, 1.165) is 12.6 Å². The van der Waals surface area contributed by atoms with E-state index in [2.05, 4.69) is 39.6 Å². The molecule has 2 N–H and O–H groups in total. The largest absolute Gasteiger partial charge is 0.330 e. The highest BCUT2D eigenvalue weighted by molar-refractivity contribution is 4.83. The van der Waals surface area contributed by atoms with Crippen LogP contribution in [0.4, 0.5) is 0 Å². The van der Waals surface area contributed by atoms with Crippen molar-refractivity contribution < 1.29 is 0 Å². The van der Waals surface area contributed by atoms with E-state index in [-0.39, 0.29) is 0 Å². The van der Waals surface area contributed by atoms with Crippen LogP contribution in [0.1, 0.15) is 59.8 Å². The van der Waals surface area contributed by atoms with Crippen molar-refractivity contribution >= 4 is 0 Å². The zero-order valence-corrected chi connectivity index (χ0v) is 12.6. The Labute approximate surface area is 108 Å². The second-order valence-electron chi connectivity index (χ2n) is 7.49. The molecule has 1 saturated carbocycles. The molecule has 0 bridgehead atoms. The van der Waals surface area contributed by atoms with Crippen LogP contribution in [0.3, 0.4) is 0 Å². The smallest absolute Gasteiger partial charge is 0.00926 e. The van der Waals surface area contributed by atoms with E-state index in [1.54, 1.807) is 0 Å². The standard InChI is InChI=1S/C15H32N2/c1-14(2)8-6-13(7-9-14)17(5)11-10-15(3,4)12-16/h13H,6-12,16H2,1-5H3. The highest BCUT2D eigenvalue weighted by atomic mass is 15.1. The maximum absolute atomic E-state index is 5.79. The third-order valence-corrected chi connectivity index (χ3v) is 4.63. The molecule has 0 aromatic carbocycles. The maximum atomic E-state index is 5.79. The van der Waals surface area contributed by atoms with E-state index >= 15 is 0 Å². The second-order valence-corrected chi connectivity index (χ2v) is 7.49. The number of rotatable bonds is 5. The Morgan fingerprint density at radius 3 is 2.24 bits per heavy atom. The molecule has 0 radical (unpaired) electrons. The summed E-state index contributed by atoms with van der Waals surface area (Å²) in [6.07, 6.45) is 6.70. The first-order chi connectivity index (χ1) is 7.76. The van der Waals surface area contributed by atoms with Gasteiger partial charge in [-0.25, -0.2) is 0 Å². The molecule has 0 unspecified atom stereocenters. The van der Waals surface area contributed by atoms with Crippen LogP contribution >= 0.6 is 0 Å². The van der Waals surface area contributed by atoms with Gasteiger partial charge in [0.25, 0.3) is 0 Å². The lowest BCUT2D eigenvalue weighted by Crippen LogP contribution is -2.39. The average molecular weight is 240 g/mol. The van der Waals surface area contributed by atoms with Crippen LogP contribution < -0.4 is 5.73 Å². The molecule has 1 rings (SSSR count). The van der Waals surface area contributed by atoms with Crippen molar-refractivity contribution in [2.24, 2.45) is 16.6 Å². The van der Waals surface area contributed by atoms with Gasteiger partial charge in [0, 0.05) is 6.04 Å². The lowest BCUT2D eigenvalue weighted by molar-refractivity contribution is 0.116. The van der Waals surface area contributed by atoms with Gasteiger partial charge in [-0.1, -0.05) is 27.7 Å². The Bertz CT molecular complexity index is 223. The molecule has 1 aliphatic carbocycles. The van der Waals surface area contributed by atoms with Crippen LogP contribution in [0.25, 0.3) is 0 Å². The molecule has 0 saturated heterocycles. The maximum Gasteiger partial charge on any atom is 0.00926 e. The molecule has 0 spiro atoms. The minimum atomic E-state index is 0.294. The zero-order valence-electron chi connectivity index (χ0n) is 12.6. The fourth-order valence-corrected chi connectivity index (χ4v) is 2.59. The van der Waals surface area contributed by atoms with Gasteiger partial charge in [-0.05, 0) is 63.1 Å². The molecule has 0 aromatic heterocycles. The number of hydrogen-bond acceptors (Lipinski definition) is 2. The summed E-state index contributed by atoms with van der Waals surface area (Å²) in [5.74, 6) is 0. The molecule has 0 atom stereocenters. The molecule has 1 fully saturated rings. The topological polar surface area (TPSA) is 29.3 Å². The SMILES string of the molecule is CN(CCC(C)(C)CN)C1CCC(C)(C)CC1. The summed E-state index contributed by atoms with van der Waals surface area (Å²) in [5.41, 5.74) is 6.66. The zero-order chi connectivity index (χ0) is 13.1. The van der Waals surface area contributed by atoms with Crippen LogP contribution in [-0.2, 0) is 0 Å². The predicted molar refractivity (Wildman–Crippen MR) is 76.1 cm³/mol. The third kappa shape index (κ3) is 4.97. The normalized spacial score (nSPS) is 22.1. The van der Waals surface area contributed by atoms with Crippen LogP contribution in [0, 0.1) is 10.8 Å². The van der Waals surface area contributed by atoms with E-state index in [1.807, 2.05) is 0 Å². The Balaban J connectivity index is 2.32. The van der Waals surface area contributed by atoms with Crippen molar-refractivity contribution in [2.45, 2.75) is 65.8 Å². The van der Waals surface area contributed by atoms with Gasteiger partial charge in [0.1, 0.15) is 0 Å². The van der Waals surface area contributed by atoms with Crippen molar-refractivity contribution in [1.29, 1.82) is 0 Å². The molecule has 0 heterocycles. The minimum Gasteiger partial charge on any atom is -0.330 e. The minimum absolute atomic E-state index is 0.294. The molecule has 0 aliphatic heterocycles. The lowest BCUT2D eigenvalue weighted by Gasteiger charge is -2.39. The number of hydrogen-bond donors (Lipinski definition) is 1. The van der Waals surface area contributed by atoms with Crippen LogP contribution in [0.2, 0.25) is 0 Å². The van der Waals surface area contributed by atoms with Gasteiger partial charge >= 0.3 is 0 Å². The van der Waals surface area contributed by atoms with Crippen molar-refractivity contribution in [3.63, 3.8) is 0 Å². The van der Waals surface area contributed by atoms with Crippen LogP contribution in [0.5, 0.6) is 0 Å². The summed E-state index contributed by atoms with van der Waals surface area (Å²) in [6.45, 7) is 11.3. The highest BCUT2D eigenvalue weighted by Crippen LogP contribution is 2.36. The van der Waals surface area contributed by atoms with E-state index in [4.69, 9.17) is 5.73 Å². The summed E-state index contributed by atoms with van der Waals surface area (Å²) in [4.78, 5) is 2.56. The summed E-state index contributed by atoms with van der Waals surface area (Å²) in [6, 6.07) is 0.802. The van der Waals surface area contributed by atoms with E-state index in [0.29, 0.717) is 10.8 Å². The summed E-state index contributed by atoms with van der Waals surface area (Å²) in [7, 11) is 2.29. The van der Waals surface area contributed by atoms with Crippen molar-refractivity contribution in [3.05, 3.63) is 0 Å². The first kappa shape index (κ1) is 15.0. The lowest BCUT2D eigenvalue weighted by atomic mass is 9.75. The molecule has 0 amide bonds. The first-order valence-electron chi connectivity index (χ1n) is 7.16. The van der Waals surface area contributed by atoms with Gasteiger partial charge < -0.3 is 10.6 Å². The molecular weight excluding hydrogens is 208 g/mol. The molecule has 1 aliphatic rings. The fraction of sp³-hybridized carbons (Fsp3) is 1.00. The van der Waals surface area contributed by atoms with Gasteiger partial charge in [-0.3, -0.25) is 0 Å². The third-order valence-electron chi connectivity index (χ3n) is 4.63. The second kappa shape index (κ2) is 5.71. The quantitative estimate of drug-likeness (QED) is 0.799. The predicted octanol–water partition coefficient (Wildman–Crippen LogP) is 3.26. The number of nitrogens with zero attached hydrogens (tertiary/aromatic N) is 1. The van der Waals surface area contributed by atoms with E-state index < -0.39 is 0 Å². The van der Waals surface area contributed by atoms with E-state index in [1.165, 1.54) is 38.6 Å². The van der Waals surface area contributed by atoms with Gasteiger partial charge in [0.05, 0.1) is 0 Å². The summed E-state index contributed by atoms with van der Waals surface area (Å²) < 4.78 is 0. The number of nitrogens with two attached hydrogens (primary N) is 1. The van der Waals surface area contributed by atoms with Gasteiger partial charge in [-0.15, -0.1) is 0 Å². The molecule has 102 valence electrons. The summed E-state index contributed by atoms with van der Waals surface area (Å²) >= 11 is 0. The van der Waals surface area contributed by atoms with Crippen molar-refractivity contribution in [1.82, 2.24) is 4.90 Å². The average Bonchev–Trinajstić information content (AvgIpc) is 2.26. The van der Waals surface area contributed by atoms with Gasteiger partial charge in [0.15, 0.2) is 0 Å².